The second kappa shape index (κ2) is 15.9. The van der Waals surface area contributed by atoms with Crippen LogP contribution in [0.4, 0.5) is 0 Å². The number of carbonyl (C=O) groups is 2. The van der Waals surface area contributed by atoms with Crippen LogP contribution >= 0.6 is 0 Å². The Morgan fingerprint density at radius 3 is 2.18 bits per heavy atom. The van der Waals surface area contributed by atoms with E-state index in [0.717, 1.165) is 54.7 Å². The number of para-hydroxylation sites is 1. The second-order valence-corrected chi connectivity index (χ2v) is 9.25. The minimum Gasteiger partial charge on any atom is -0.493 e. The van der Waals surface area contributed by atoms with E-state index in [4.69, 9.17) is 19.7 Å². The summed E-state index contributed by atoms with van der Waals surface area (Å²) in [5, 5.41) is 18.1. The summed E-state index contributed by atoms with van der Waals surface area (Å²) < 4.78 is 11.6. The van der Waals surface area contributed by atoms with Gasteiger partial charge in [0.25, 0.3) is 0 Å². The van der Waals surface area contributed by atoms with Gasteiger partial charge in [0.15, 0.2) is 0 Å². The molecule has 0 aliphatic rings. The van der Waals surface area contributed by atoms with E-state index in [-0.39, 0.29) is 17.9 Å². The summed E-state index contributed by atoms with van der Waals surface area (Å²) in [4.78, 5) is 22.0. The van der Waals surface area contributed by atoms with Crippen LogP contribution in [0, 0.1) is 5.92 Å². The number of unbranched alkanes of at least 4 members (excludes halogenated alkanes) is 1. The maximum absolute atomic E-state index is 11.1. The number of carboxylic acids is 2. The highest BCUT2D eigenvalue weighted by molar-refractivity contribution is 5.87. The zero-order valence-electron chi connectivity index (χ0n) is 21.6. The maximum Gasteiger partial charge on any atom is 0.335 e. The predicted molar refractivity (Wildman–Crippen MR) is 148 cm³/mol. The lowest BCUT2D eigenvalue weighted by Gasteiger charge is -2.13. The van der Waals surface area contributed by atoms with E-state index in [0.29, 0.717) is 19.6 Å². The summed E-state index contributed by atoms with van der Waals surface area (Å²) in [5.41, 5.74) is 2.48. The molecular formula is C32H36O6. The van der Waals surface area contributed by atoms with Gasteiger partial charge in [-0.3, -0.25) is 4.79 Å². The molecule has 1 atom stereocenters. The smallest absolute Gasteiger partial charge is 0.335 e. The number of benzene rings is 3. The molecule has 0 saturated heterocycles. The lowest BCUT2D eigenvalue weighted by Crippen LogP contribution is -2.05. The van der Waals surface area contributed by atoms with Crippen molar-refractivity contribution in [2.45, 2.75) is 44.9 Å². The first-order chi connectivity index (χ1) is 18.5. The average Bonchev–Trinajstić information content (AvgIpc) is 2.92. The monoisotopic (exact) mass is 516 g/mol. The number of allylic oxidation sites excluding steroid dienone is 2. The molecule has 38 heavy (non-hydrogen) atoms. The van der Waals surface area contributed by atoms with Gasteiger partial charge in [0.05, 0.1) is 18.8 Å². The predicted octanol–water partition coefficient (Wildman–Crippen LogP) is 6.84. The van der Waals surface area contributed by atoms with Gasteiger partial charge in [-0.05, 0) is 79.1 Å². The van der Waals surface area contributed by atoms with Crippen molar-refractivity contribution in [3.63, 3.8) is 0 Å². The molecule has 3 rings (SSSR count). The van der Waals surface area contributed by atoms with Gasteiger partial charge in [-0.25, -0.2) is 4.79 Å². The van der Waals surface area contributed by atoms with E-state index >= 15 is 0 Å². The third kappa shape index (κ3) is 10.9. The molecule has 0 amide bonds. The fraction of sp³-hybridized carbons (Fsp3) is 0.312. The molecule has 0 saturated carbocycles. The molecule has 0 aliphatic carbocycles. The Labute approximate surface area is 224 Å². The van der Waals surface area contributed by atoms with Crippen molar-refractivity contribution >= 4 is 11.9 Å². The molecule has 0 heterocycles. The lowest BCUT2D eigenvalue weighted by atomic mass is 9.92. The summed E-state index contributed by atoms with van der Waals surface area (Å²) in [6, 6.07) is 24.8. The molecule has 200 valence electrons. The van der Waals surface area contributed by atoms with Gasteiger partial charge >= 0.3 is 11.9 Å². The van der Waals surface area contributed by atoms with Crippen molar-refractivity contribution in [1.82, 2.24) is 0 Å². The first-order valence-corrected chi connectivity index (χ1v) is 13.1. The van der Waals surface area contributed by atoms with Crippen molar-refractivity contribution in [3.8, 4) is 11.5 Å². The Bertz CT molecular complexity index is 1150. The number of hydrogen-bond acceptors (Lipinski definition) is 4. The second-order valence-electron chi connectivity index (χ2n) is 9.25. The standard InChI is InChI=1S/C32H36O6/c33-31(34)16-5-4-9-25(23-27-17-19-28(20-18-27)32(35)36)10-6-11-26-12-7-15-30(24-26)38-22-8-21-37-29-13-2-1-3-14-29/h1-3,6-7,10,12-15,17-20,24-25H,4-5,8-9,11,16,21-23H2,(H,33,34)(H,35,36). The molecule has 1 unspecified atom stereocenters. The minimum absolute atomic E-state index is 0.176. The van der Waals surface area contributed by atoms with Crippen LogP contribution < -0.4 is 9.47 Å². The zero-order chi connectivity index (χ0) is 27.0. The average molecular weight is 517 g/mol. The van der Waals surface area contributed by atoms with Crippen molar-refractivity contribution in [1.29, 1.82) is 0 Å². The van der Waals surface area contributed by atoms with Crippen LogP contribution in [-0.4, -0.2) is 35.4 Å². The first-order valence-electron chi connectivity index (χ1n) is 13.1. The molecule has 0 bridgehead atoms. The van der Waals surface area contributed by atoms with Crippen molar-refractivity contribution < 1.29 is 29.3 Å². The summed E-state index contributed by atoms with van der Waals surface area (Å²) in [6.45, 7) is 1.17. The third-order valence-electron chi connectivity index (χ3n) is 6.14. The highest BCUT2D eigenvalue weighted by Crippen LogP contribution is 2.20. The molecule has 6 heteroatoms. The van der Waals surface area contributed by atoms with E-state index in [1.54, 1.807) is 12.1 Å². The van der Waals surface area contributed by atoms with Crippen LogP contribution in [-0.2, 0) is 17.6 Å². The minimum atomic E-state index is -0.937. The first kappa shape index (κ1) is 28.5. The van der Waals surface area contributed by atoms with Crippen LogP contribution in [0.15, 0.2) is 91.0 Å². The summed E-state index contributed by atoms with van der Waals surface area (Å²) in [7, 11) is 0. The third-order valence-corrected chi connectivity index (χ3v) is 6.14. The topological polar surface area (TPSA) is 93.1 Å². The largest absolute Gasteiger partial charge is 0.493 e. The Morgan fingerprint density at radius 1 is 0.763 bits per heavy atom. The van der Waals surface area contributed by atoms with E-state index < -0.39 is 11.9 Å². The molecule has 2 N–H and O–H groups in total. The molecular weight excluding hydrogens is 480 g/mol. The van der Waals surface area contributed by atoms with Gasteiger partial charge in [-0.1, -0.05) is 61.0 Å². The molecule has 0 radical (unpaired) electrons. The van der Waals surface area contributed by atoms with Crippen LogP contribution in [0.25, 0.3) is 0 Å². The Morgan fingerprint density at radius 2 is 1.47 bits per heavy atom. The Balaban J connectivity index is 1.49. The van der Waals surface area contributed by atoms with Gasteiger partial charge in [-0.15, -0.1) is 0 Å². The number of aliphatic carboxylic acids is 1. The zero-order valence-corrected chi connectivity index (χ0v) is 21.6. The summed E-state index contributed by atoms with van der Waals surface area (Å²) in [5.74, 6) is 0.224. The lowest BCUT2D eigenvalue weighted by molar-refractivity contribution is -0.137. The highest BCUT2D eigenvalue weighted by Gasteiger charge is 2.09. The molecule has 0 fully saturated rings. The van der Waals surface area contributed by atoms with E-state index in [1.165, 1.54) is 0 Å². The molecule has 6 nitrogen and oxygen atoms in total. The fourth-order valence-corrected chi connectivity index (χ4v) is 4.15. The molecule has 0 aliphatic heterocycles. The quantitative estimate of drug-likeness (QED) is 0.151. The molecule has 0 aromatic heterocycles. The summed E-state index contributed by atoms with van der Waals surface area (Å²) >= 11 is 0. The van der Waals surface area contributed by atoms with E-state index in [2.05, 4.69) is 24.3 Å². The van der Waals surface area contributed by atoms with Crippen LogP contribution in [0.2, 0.25) is 0 Å². The van der Waals surface area contributed by atoms with E-state index in [9.17, 15) is 9.59 Å². The van der Waals surface area contributed by atoms with Crippen molar-refractivity contribution in [3.05, 3.63) is 108 Å². The van der Waals surface area contributed by atoms with Gasteiger partial charge in [0.2, 0.25) is 0 Å². The SMILES string of the molecule is O=C(O)CCCCC(C=CCc1cccc(OCCCOc2ccccc2)c1)Cc1ccc(C(=O)O)cc1. The Hall–Kier alpha value is -4.06. The van der Waals surface area contributed by atoms with Crippen LogP contribution in [0.5, 0.6) is 11.5 Å². The highest BCUT2D eigenvalue weighted by atomic mass is 16.5. The fourth-order valence-electron chi connectivity index (χ4n) is 4.15. The Kier molecular flexibility index (Phi) is 11.9. The van der Waals surface area contributed by atoms with Crippen LogP contribution in [0.1, 0.15) is 53.6 Å². The molecule has 3 aromatic carbocycles. The van der Waals surface area contributed by atoms with Gasteiger partial charge in [0.1, 0.15) is 11.5 Å². The van der Waals surface area contributed by atoms with E-state index in [1.807, 2.05) is 54.6 Å². The molecule has 3 aromatic rings. The molecule has 0 spiro atoms. The van der Waals surface area contributed by atoms with Crippen molar-refractivity contribution in [2.75, 3.05) is 13.2 Å². The normalized spacial score (nSPS) is 11.8. The maximum atomic E-state index is 11.1. The van der Waals surface area contributed by atoms with Gasteiger partial charge in [-0.2, -0.15) is 0 Å². The number of rotatable bonds is 17. The van der Waals surface area contributed by atoms with Crippen molar-refractivity contribution in [2.24, 2.45) is 5.92 Å². The van der Waals surface area contributed by atoms with Crippen LogP contribution in [0.3, 0.4) is 0 Å². The summed E-state index contributed by atoms with van der Waals surface area (Å²) in [6.07, 6.45) is 9.19. The number of hydrogen-bond donors (Lipinski definition) is 2. The number of aromatic carboxylic acids is 1. The van der Waals surface area contributed by atoms with Gasteiger partial charge in [0, 0.05) is 12.8 Å². The van der Waals surface area contributed by atoms with Gasteiger partial charge < -0.3 is 19.7 Å². The number of ether oxygens (including phenoxy) is 2. The number of carboxylic acid groups (broad SMARTS) is 2.